The molecule has 0 aromatic carbocycles. The van der Waals surface area contributed by atoms with E-state index >= 15 is 0 Å². The van der Waals surface area contributed by atoms with E-state index in [1.807, 2.05) is 20.1 Å². The average Bonchev–Trinajstić information content (AvgIpc) is 1.90. The summed E-state index contributed by atoms with van der Waals surface area (Å²) in [4.78, 5) is 0. The molecule has 0 aliphatic rings. The van der Waals surface area contributed by atoms with E-state index in [4.69, 9.17) is 0 Å². The van der Waals surface area contributed by atoms with Crippen molar-refractivity contribution < 1.29 is 0 Å². The van der Waals surface area contributed by atoms with Crippen molar-refractivity contribution in [3.05, 3.63) is 0 Å². The second kappa shape index (κ2) is 10.0. The summed E-state index contributed by atoms with van der Waals surface area (Å²) in [7, 11) is 0. The number of rotatable bonds is 3. The Labute approximate surface area is 75.8 Å². The highest BCUT2D eigenvalue weighted by Gasteiger charge is 1.89. The molecule has 0 fully saturated rings. The molecule has 0 bridgehead atoms. The Morgan fingerprint density at radius 3 is 1.82 bits per heavy atom. The van der Waals surface area contributed by atoms with Gasteiger partial charge in [0.05, 0.1) is 0 Å². The molecule has 0 aliphatic carbocycles. The molecular weight excluding hydrogens is 154 g/mol. The number of hydrogen-bond acceptors (Lipinski definition) is 2. The quantitative estimate of drug-likeness (QED) is 0.469. The molecule has 1 nitrogen and oxygen atoms in total. The predicted octanol–water partition coefficient (Wildman–Crippen LogP) is 3.80. The summed E-state index contributed by atoms with van der Waals surface area (Å²) in [5.74, 6) is 0.580. The third kappa shape index (κ3) is 17.8. The van der Waals surface area contributed by atoms with Crippen LogP contribution in [-0.2, 0) is 0 Å². The first-order valence-corrected chi connectivity index (χ1v) is 5.16. The van der Waals surface area contributed by atoms with Crippen molar-refractivity contribution in [2.24, 2.45) is 10.3 Å². The van der Waals surface area contributed by atoms with Gasteiger partial charge in [-0.1, -0.05) is 41.5 Å². The molecule has 0 spiro atoms. The Hall–Kier alpha value is 0.0200. The van der Waals surface area contributed by atoms with Crippen LogP contribution in [0.2, 0.25) is 0 Å². The molecule has 0 rings (SSSR count). The lowest BCUT2D eigenvalue weighted by Gasteiger charge is -1.96. The van der Waals surface area contributed by atoms with Crippen molar-refractivity contribution in [3.8, 4) is 0 Å². The molecule has 0 atom stereocenters. The maximum absolute atomic E-state index is 4.16. The zero-order valence-corrected chi connectivity index (χ0v) is 9.40. The van der Waals surface area contributed by atoms with Gasteiger partial charge >= 0.3 is 0 Å². The van der Waals surface area contributed by atoms with Crippen LogP contribution in [-0.4, -0.2) is 11.5 Å². The minimum Gasteiger partial charge on any atom is -0.228 e. The second-order valence-electron chi connectivity index (χ2n) is 2.65. The third-order valence-corrected chi connectivity index (χ3v) is 1.30. The van der Waals surface area contributed by atoms with Crippen molar-refractivity contribution in [1.29, 1.82) is 0 Å². The van der Waals surface area contributed by atoms with E-state index < -0.39 is 0 Å². The fourth-order valence-electron chi connectivity index (χ4n) is 0.279. The van der Waals surface area contributed by atoms with Gasteiger partial charge in [0.1, 0.15) is 0 Å². The summed E-state index contributed by atoms with van der Waals surface area (Å²) in [6.45, 7) is 12.5. The summed E-state index contributed by atoms with van der Waals surface area (Å²) in [5, 5.41) is 0.611. The van der Waals surface area contributed by atoms with Crippen molar-refractivity contribution in [3.63, 3.8) is 0 Å². The first kappa shape index (κ1) is 13.6. The number of hydrogen-bond donors (Lipinski definition) is 0. The van der Waals surface area contributed by atoms with Crippen LogP contribution in [0.15, 0.2) is 4.40 Å². The Kier molecular flexibility index (Phi) is 12.4. The molecular formula is C9H21NS. The largest absolute Gasteiger partial charge is 0.228 e. The van der Waals surface area contributed by atoms with Crippen molar-refractivity contribution in [2.45, 2.75) is 46.8 Å². The monoisotopic (exact) mass is 175 g/mol. The molecule has 0 aliphatic heterocycles. The lowest BCUT2D eigenvalue weighted by molar-refractivity contribution is 0.910. The van der Waals surface area contributed by atoms with Crippen LogP contribution in [0.25, 0.3) is 0 Å². The van der Waals surface area contributed by atoms with E-state index in [-0.39, 0.29) is 0 Å². The number of nitrogens with zero attached hydrogens (tertiary/aromatic N) is 1. The summed E-state index contributed by atoms with van der Waals surface area (Å²) >= 11 is 1.63. The van der Waals surface area contributed by atoms with Gasteiger partial charge in [-0.15, -0.1) is 0 Å². The first-order valence-electron chi connectivity index (χ1n) is 4.32. The van der Waals surface area contributed by atoms with Crippen molar-refractivity contribution in [2.75, 3.05) is 0 Å². The molecule has 0 aromatic rings. The minimum atomic E-state index is 0.580. The van der Waals surface area contributed by atoms with E-state index in [1.54, 1.807) is 11.9 Å². The normalized spacial score (nSPS) is 10.5. The molecule has 0 saturated carbocycles. The van der Waals surface area contributed by atoms with Gasteiger partial charge in [-0.2, -0.15) is 0 Å². The molecule has 0 unspecified atom stereocenters. The summed E-state index contributed by atoms with van der Waals surface area (Å²) < 4.78 is 4.16. The molecule has 2 heteroatoms. The van der Waals surface area contributed by atoms with E-state index in [2.05, 4.69) is 32.1 Å². The minimum absolute atomic E-state index is 0.580. The molecule has 0 N–H and O–H groups in total. The fraction of sp³-hybridized carbons (Fsp3) is 0.889. The van der Waals surface area contributed by atoms with Crippen molar-refractivity contribution in [1.82, 2.24) is 0 Å². The summed E-state index contributed by atoms with van der Waals surface area (Å²) in [6, 6.07) is 0. The van der Waals surface area contributed by atoms with Gasteiger partial charge < -0.3 is 0 Å². The summed E-state index contributed by atoms with van der Waals surface area (Å²) in [5.41, 5.74) is 0. The highest BCUT2D eigenvalue weighted by Crippen LogP contribution is 2.09. The molecule has 68 valence electrons. The average molecular weight is 175 g/mol. The van der Waals surface area contributed by atoms with Gasteiger partial charge in [0.2, 0.25) is 0 Å². The predicted molar refractivity (Wildman–Crippen MR) is 57.4 cm³/mol. The third-order valence-electron chi connectivity index (χ3n) is 0.631. The smallest absolute Gasteiger partial charge is 0.0210 e. The van der Waals surface area contributed by atoms with Gasteiger partial charge in [-0.3, -0.25) is 0 Å². The molecule has 11 heavy (non-hydrogen) atoms. The van der Waals surface area contributed by atoms with Crippen LogP contribution in [0.3, 0.4) is 0 Å². The van der Waals surface area contributed by atoms with Gasteiger partial charge in [-0.25, -0.2) is 4.40 Å². The van der Waals surface area contributed by atoms with Gasteiger partial charge in [-0.05, 0) is 17.9 Å². The van der Waals surface area contributed by atoms with Crippen molar-refractivity contribution >= 4 is 18.2 Å². The maximum atomic E-state index is 4.16. The van der Waals surface area contributed by atoms with Crippen LogP contribution in [0.4, 0.5) is 0 Å². The fourth-order valence-corrected chi connectivity index (χ4v) is 0.836. The van der Waals surface area contributed by atoms with Crippen LogP contribution < -0.4 is 0 Å². The van der Waals surface area contributed by atoms with E-state index in [1.165, 1.54) is 0 Å². The highest BCUT2D eigenvalue weighted by molar-refractivity contribution is 7.98. The van der Waals surface area contributed by atoms with E-state index in [0.29, 0.717) is 11.2 Å². The molecule has 0 amide bonds. The Morgan fingerprint density at radius 2 is 1.55 bits per heavy atom. The standard InChI is InChI=1S/C7H15NS.C2H6/c1-6(2)5-8-9-7(3)4;1-2/h5-7H,1-4H3;1-2H3. The van der Waals surface area contributed by atoms with Gasteiger partial charge in [0.15, 0.2) is 0 Å². The SMILES string of the molecule is CC.CC(C)C=NSC(C)C. The van der Waals surface area contributed by atoms with Crippen LogP contribution >= 0.6 is 11.9 Å². The van der Waals surface area contributed by atoms with Gasteiger partial charge in [0.25, 0.3) is 0 Å². The molecule has 0 saturated heterocycles. The lowest BCUT2D eigenvalue weighted by atomic mass is 10.3. The summed E-state index contributed by atoms with van der Waals surface area (Å²) in [6.07, 6.45) is 1.98. The lowest BCUT2D eigenvalue weighted by Crippen LogP contribution is -1.87. The Morgan fingerprint density at radius 1 is 1.09 bits per heavy atom. The van der Waals surface area contributed by atoms with Gasteiger partial charge in [0, 0.05) is 11.5 Å². The van der Waals surface area contributed by atoms with Crippen LogP contribution in [0.5, 0.6) is 0 Å². The highest BCUT2D eigenvalue weighted by atomic mass is 32.2. The molecule has 0 heterocycles. The van der Waals surface area contributed by atoms with Crippen LogP contribution in [0, 0.1) is 5.92 Å². The zero-order valence-electron chi connectivity index (χ0n) is 8.59. The van der Waals surface area contributed by atoms with E-state index in [9.17, 15) is 0 Å². The Balaban J connectivity index is 0. The van der Waals surface area contributed by atoms with Crippen LogP contribution in [0.1, 0.15) is 41.5 Å². The zero-order chi connectivity index (χ0) is 9.28. The second-order valence-corrected chi connectivity index (χ2v) is 4.02. The Bertz CT molecular complexity index is 87.6. The first-order chi connectivity index (χ1) is 5.13. The maximum Gasteiger partial charge on any atom is 0.0210 e. The molecule has 0 aromatic heterocycles. The molecule has 0 radical (unpaired) electrons. The topological polar surface area (TPSA) is 12.4 Å². The van der Waals surface area contributed by atoms with E-state index in [0.717, 1.165) is 0 Å².